The molecule has 0 radical (unpaired) electrons. The Balaban J connectivity index is 1.73. The second-order valence-electron chi connectivity index (χ2n) is 4.08. The molecule has 2 rings (SSSR count). The molecule has 0 aliphatic heterocycles. The Morgan fingerprint density at radius 2 is 2.24 bits per heavy atom. The fourth-order valence-electron chi connectivity index (χ4n) is 1.71. The normalized spacial score (nSPS) is 10.7. The van der Waals surface area contributed by atoms with Gasteiger partial charge in [0.15, 0.2) is 0 Å². The highest BCUT2D eigenvalue weighted by Gasteiger charge is 1.97. The Labute approximate surface area is 100 Å². The van der Waals surface area contributed by atoms with Gasteiger partial charge in [0.2, 0.25) is 0 Å². The Bertz CT molecular complexity index is 479. The highest BCUT2D eigenvalue weighted by atomic mass is 19.1. The average molecular weight is 233 g/mol. The van der Waals surface area contributed by atoms with Crippen LogP contribution in [0, 0.1) is 5.82 Å². The molecule has 0 amide bonds. The van der Waals surface area contributed by atoms with Gasteiger partial charge in [0, 0.05) is 19.8 Å². The van der Waals surface area contributed by atoms with Crippen molar-refractivity contribution in [3.63, 3.8) is 0 Å². The number of nitrogens with one attached hydrogen (secondary N) is 1. The van der Waals surface area contributed by atoms with Gasteiger partial charge in [0.1, 0.15) is 5.82 Å². The van der Waals surface area contributed by atoms with Gasteiger partial charge in [-0.05, 0) is 36.2 Å². The Hall–Kier alpha value is -1.68. The molecule has 0 fully saturated rings. The summed E-state index contributed by atoms with van der Waals surface area (Å²) in [7, 11) is 1.91. The van der Waals surface area contributed by atoms with Crippen LogP contribution in [0.5, 0.6) is 0 Å². The monoisotopic (exact) mass is 233 g/mol. The van der Waals surface area contributed by atoms with E-state index in [1.165, 1.54) is 11.6 Å². The summed E-state index contributed by atoms with van der Waals surface area (Å²) in [5.74, 6) is -0.184. The molecule has 1 aromatic heterocycles. The van der Waals surface area contributed by atoms with E-state index in [0.29, 0.717) is 6.54 Å². The van der Waals surface area contributed by atoms with E-state index in [2.05, 4.69) is 10.4 Å². The van der Waals surface area contributed by atoms with Crippen molar-refractivity contribution in [1.82, 2.24) is 15.1 Å². The van der Waals surface area contributed by atoms with Crippen LogP contribution in [0.2, 0.25) is 0 Å². The van der Waals surface area contributed by atoms with Gasteiger partial charge in [-0.2, -0.15) is 5.10 Å². The molecule has 0 spiro atoms. The Kier molecular flexibility index (Phi) is 3.88. The highest BCUT2D eigenvalue weighted by molar-refractivity contribution is 5.16. The SMILES string of the molecule is Cn1cc(CCNCc2cccc(F)c2)cn1. The van der Waals surface area contributed by atoms with E-state index in [0.717, 1.165) is 18.5 Å². The third-order valence-corrected chi connectivity index (χ3v) is 2.57. The lowest BCUT2D eigenvalue weighted by Crippen LogP contribution is -2.16. The number of aryl methyl sites for hydroxylation is 1. The smallest absolute Gasteiger partial charge is 0.123 e. The van der Waals surface area contributed by atoms with E-state index < -0.39 is 0 Å². The van der Waals surface area contributed by atoms with E-state index in [1.54, 1.807) is 16.8 Å². The van der Waals surface area contributed by atoms with Crippen LogP contribution in [0.25, 0.3) is 0 Å². The third kappa shape index (κ3) is 3.67. The lowest BCUT2D eigenvalue weighted by atomic mass is 10.2. The molecule has 0 saturated carbocycles. The molecule has 0 aliphatic rings. The maximum Gasteiger partial charge on any atom is 0.123 e. The zero-order chi connectivity index (χ0) is 12.1. The molecule has 1 aromatic carbocycles. The lowest BCUT2D eigenvalue weighted by molar-refractivity contribution is 0.620. The quantitative estimate of drug-likeness (QED) is 0.799. The predicted octanol–water partition coefficient (Wildman–Crippen LogP) is 1.89. The minimum absolute atomic E-state index is 0.184. The average Bonchev–Trinajstić information content (AvgIpc) is 2.71. The highest BCUT2D eigenvalue weighted by Crippen LogP contribution is 2.03. The van der Waals surface area contributed by atoms with Crippen LogP contribution in [-0.4, -0.2) is 16.3 Å². The number of aromatic nitrogens is 2. The molecule has 0 bridgehead atoms. The summed E-state index contributed by atoms with van der Waals surface area (Å²) in [6.07, 6.45) is 4.80. The number of hydrogen-bond donors (Lipinski definition) is 1. The van der Waals surface area contributed by atoms with Crippen LogP contribution in [0.15, 0.2) is 36.7 Å². The van der Waals surface area contributed by atoms with Crippen LogP contribution in [0.4, 0.5) is 4.39 Å². The van der Waals surface area contributed by atoms with Crippen LogP contribution < -0.4 is 5.32 Å². The first-order valence-corrected chi connectivity index (χ1v) is 5.67. The van der Waals surface area contributed by atoms with E-state index in [-0.39, 0.29) is 5.82 Å². The van der Waals surface area contributed by atoms with Crippen molar-refractivity contribution in [1.29, 1.82) is 0 Å². The minimum atomic E-state index is -0.184. The van der Waals surface area contributed by atoms with Crippen LogP contribution in [-0.2, 0) is 20.0 Å². The van der Waals surface area contributed by atoms with Crippen molar-refractivity contribution in [3.05, 3.63) is 53.6 Å². The number of nitrogens with zero attached hydrogens (tertiary/aromatic N) is 2. The first kappa shape index (κ1) is 11.8. The molecule has 1 N–H and O–H groups in total. The molecule has 3 nitrogen and oxygen atoms in total. The Morgan fingerprint density at radius 3 is 2.94 bits per heavy atom. The first-order valence-electron chi connectivity index (χ1n) is 5.67. The molecule has 0 saturated heterocycles. The third-order valence-electron chi connectivity index (χ3n) is 2.57. The molecule has 0 aliphatic carbocycles. The first-order chi connectivity index (χ1) is 8.24. The molecule has 4 heteroatoms. The summed E-state index contributed by atoms with van der Waals surface area (Å²) in [5.41, 5.74) is 2.18. The summed E-state index contributed by atoms with van der Waals surface area (Å²) in [4.78, 5) is 0. The number of hydrogen-bond acceptors (Lipinski definition) is 2. The van der Waals surface area contributed by atoms with Gasteiger partial charge >= 0.3 is 0 Å². The van der Waals surface area contributed by atoms with E-state index >= 15 is 0 Å². The fourth-order valence-corrected chi connectivity index (χ4v) is 1.71. The zero-order valence-electron chi connectivity index (χ0n) is 9.86. The summed E-state index contributed by atoms with van der Waals surface area (Å²) < 4.78 is 14.7. The van der Waals surface area contributed by atoms with Crippen molar-refractivity contribution < 1.29 is 4.39 Å². The summed E-state index contributed by atoms with van der Waals surface area (Å²) >= 11 is 0. The molecule has 0 atom stereocenters. The topological polar surface area (TPSA) is 29.9 Å². The number of rotatable bonds is 5. The molecule has 17 heavy (non-hydrogen) atoms. The second-order valence-corrected chi connectivity index (χ2v) is 4.08. The van der Waals surface area contributed by atoms with Crippen LogP contribution >= 0.6 is 0 Å². The fraction of sp³-hybridized carbons (Fsp3) is 0.308. The van der Waals surface area contributed by atoms with Crippen molar-refractivity contribution in [3.8, 4) is 0 Å². The summed E-state index contributed by atoms with van der Waals surface area (Å²) in [6, 6.07) is 6.66. The van der Waals surface area contributed by atoms with Gasteiger partial charge in [-0.3, -0.25) is 4.68 Å². The molecule has 90 valence electrons. The zero-order valence-corrected chi connectivity index (χ0v) is 9.86. The number of halogens is 1. The van der Waals surface area contributed by atoms with Crippen molar-refractivity contribution in [2.24, 2.45) is 7.05 Å². The van der Waals surface area contributed by atoms with Gasteiger partial charge in [-0.15, -0.1) is 0 Å². The lowest BCUT2D eigenvalue weighted by Gasteiger charge is -2.03. The molecule has 0 unspecified atom stereocenters. The second kappa shape index (κ2) is 5.59. The van der Waals surface area contributed by atoms with Crippen LogP contribution in [0.1, 0.15) is 11.1 Å². The molecular formula is C13H16FN3. The molecular weight excluding hydrogens is 217 g/mol. The predicted molar refractivity (Wildman–Crippen MR) is 65.0 cm³/mol. The summed E-state index contributed by atoms with van der Waals surface area (Å²) in [6.45, 7) is 1.56. The number of benzene rings is 1. The standard InChI is InChI=1S/C13H16FN3/c1-17-10-12(9-16-17)5-6-15-8-11-3-2-4-13(14)7-11/h2-4,7,9-10,15H,5-6,8H2,1H3. The van der Waals surface area contributed by atoms with E-state index in [9.17, 15) is 4.39 Å². The van der Waals surface area contributed by atoms with E-state index in [1.807, 2.05) is 25.5 Å². The van der Waals surface area contributed by atoms with Crippen molar-refractivity contribution >= 4 is 0 Å². The van der Waals surface area contributed by atoms with Gasteiger partial charge < -0.3 is 5.32 Å². The van der Waals surface area contributed by atoms with Crippen molar-refractivity contribution in [2.45, 2.75) is 13.0 Å². The molecule has 1 heterocycles. The van der Waals surface area contributed by atoms with E-state index in [4.69, 9.17) is 0 Å². The van der Waals surface area contributed by atoms with Crippen molar-refractivity contribution in [2.75, 3.05) is 6.54 Å². The maximum absolute atomic E-state index is 12.9. The van der Waals surface area contributed by atoms with Gasteiger partial charge in [0.25, 0.3) is 0 Å². The Morgan fingerprint density at radius 1 is 1.35 bits per heavy atom. The summed E-state index contributed by atoms with van der Waals surface area (Å²) in [5, 5.41) is 7.39. The minimum Gasteiger partial charge on any atom is -0.312 e. The molecule has 2 aromatic rings. The van der Waals surface area contributed by atoms with Gasteiger partial charge in [0.05, 0.1) is 6.20 Å². The maximum atomic E-state index is 12.9. The largest absolute Gasteiger partial charge is 0.312 e. The van der Waals surface area contributed by atoms with Gasteiger partial charge in [-0.1, -0.05) is 12.1 Å². The van der Waals surface area contributed by atoms with Crippen LogP contribution in [0.3, 0.4) is 0 Å². The van der Waals surface area contributed by atoms with Gasteiger partial charge in [-0.25, -0.2) is 4.39 Å².